The lowest BCUT2D eigenvalue weighted by molar-refractivity contribution is -0.128. The van der Waals surface area contributed by atoms with Gasteiger partial charge in [0.15, 0.2) is 8.32 Å². The summed E-state index contributed by atoms with van der Waals surface area (Å²) in [5.74, 6) is -0.0212. The minimum Gasteiger partial charge on any atom is -0.402 e. The van der Waals surface area contributed by atoms with Crippen LogP contribution in [0.2, 0.25) is 18.1 Å². The number of rotatable bonds is 7. The molecule has 1 unspecified atom stereocenters. The van der Waals surface area contributed by atoms with Crippen molar-refractivity contribution in [1.29, 1.82) is 0 Å². The van der Waals surface area contributed by atoms with Gasteiger partial charge in [0.05, 0.1) is 0 Å². The molecular weight excluding hydrogens is 302 g/mol. The molecule has 1 aromatic carbocycles. The monoisotopic (exact) mass is 335 g/mol. The largest absolute Gasteiger partial charge is 0.402 e. The highest BCUT2D eigenvalue weighted by Gasteiger charge is 2.41. The van der Waals surface area contributed by atoms with Gasteiger partial charge in [-0.3, -0.25) is 4.79 Å². The highest BCUT2D eigenvalue weighted by molar-refractivity contribution is 6.74. The van der Waals surface area contributed by atoms with Gasteiger partial charge in [0.25, 0.3) is 5.91 Å². The summed E-state index contributed by atoms with van der Waals surface area (Å²) in [7, 11) is -2.04. The average Bonchev–Trinajstić information content (AvgIpc) is 2.45. The van der Waals surface area contributed by atoms with Crippen molar-refractivity contribution in [2.24, 2.45) is 0 Å². The summed E-state index contributed by atoms with van der Waals surface area (Å²) in [6.45, 7) is 15.8. The van der Waals surface area contributed by atoms with E-state index in [0.29, 0.717) is 6.54 Å². The van der Waals surface area contributed by atoms with Crippen LogP contribution in [0.25, 0.3) is 0 Å². The van der Waals surface area contributed by atoms with Gasteiger partial charge in [-0.25, -0.2) is 0 Å². The van der Waals surface area contributed by atoms with Gasteiger partial charge < -0.3 is 9.74 Å². The lowest BCUT2D eigenvalue weighted by Crippen LogP contribution is -2.45. The van der Waals surface area contributed by atoms with Crippen LogP contribution < -0.4 is 5.32 Å². The molecule has 0 radical (unpaired) electrons. The fourth-order valence-corrected chi connectivity index (χ4v) is 3.15. The summed E-state index contributed by atoms with van der Waals surface area (Å²) in [6, 6.07) is 8.09. The number of nitrogens with one attached hydrogen (secondary N) is 1. The highest BCUT2D eigenvalue weighted by Crippen LogP contribution is 2.39. The Morgan fingerprint density at radius 2 is 1.78 bits per heavy atom. The molecule has 23 heavy (non-hydrogen) atoms. The van der Waals surface area contributed by atoms with Crippen LogP contribution in [0, 0.1) is 6.92 Å². The van der Waals surface area contributed by atoms with E-state index in [2.05, 4.69) is 53.0 Å². The molecule has 1 amide bonds. The first-order valence-electron chi connectivity index (χ1n) is 8.60. The normalized spacial score (nSPS) is 13.7. The molecule has 0 spiro atoms. The molecule has 1 atom stereocenters. The molecule has 0 saturated carbocycles. The zero-order valence-corrected chi connectivity index (χ0v) is 16.8. The van der Waals surface area contributed by atoms with Crippen LogP contribution >= 0.6 is 0 Å². The third kappa shape index (κ3) is 5.77. The fourth-order valence-electron chi connectivity index (χ4n) is 1.97. The Bertz CT molecular complexity index is 503. The topological polar surface area (TPSA) is 38.3 Å². The third-order valence-corrected chi connectivity index (χ3v) is 9.10. The molecular formula is C19H33NO2Si. The first-order chi connectivity index (χ1) is 10.6. The maximum absolute atomic E-state index is 12.7. The van der Waals surface area contributed by atoms with E-state index in [0.717, 1.165) is 18.4 Å². The van der Waals surface area contributed by atoms with Crippen LogP contribution in [0.1, 0.15) is 57.8 Å². The van der Waals surface area contributed by atoms with Gasteiger partial charge in [-0.15, -0.1) is 0 Å². The van der Waals surface area contributed by atoms with Gasteiger partial charge in [-0.05, 0) is 37.0 Å². The molecule has 1 rings (SSSR count). The van der Waals surface area contributed by atoms with Crippen LogP contribution in [-0.4, -0.2) is 20.8 Å². The predicted octanol–water partition coefficient (Wildman–Crippen LogP) is 4.97. The standard InChI is InChI=1S/C19H33NO2Si/c1-8-9-14-20-18(21)17(16-12-10-15(2)11-13-16)22-23(6,7)19(3,4)5/h10-13,17H,8-9,14H2,1-7H3,(H,20,21). The Hall–Kier alpha value is -1.13. The first kappa shape index (κ1) is 19.9. The molecule has 0 aliphatic heterocycles. The molecule has 0 aliphatic carbocycles. The summed E-state index contributed by atoms with van der Waals surface area (Å²) in [6.07, 6.45) is 1.54. The summed E-state index contributed by atoms with van der Waals surface area (Å²) in [5.41, 5.74) is 2.13. The van der Waals surface area contributed by atoms with Gasteiger partial charge >= 0.3 is 0 Å². The van der Waals surface area contributed by atoms with Crippen molar-refractivity contribution < 1.29 is 9.22 Å². The van der Waals surface area contributed by atoms with Crippen molar-refractivity contribution in [3.63, 3.8) is 0 Å². The molecule has 0 aliphatic rings. The van der Waals surface area contributed by atoms with Gasteiger partial charge in [-0.1, -0.05) is 63.9 Å². The van der Waals surface area contributed by atoms with E-state index < -0.39 is 14.4 Å². The molecule has 0 heterocycles. The van der Waals surface area contributed by atoms with Crippen molar-refractivity contribution in [1.82, 2.24) is 5.32 Å². The van der Waals surface area contributed by atoms with Crippen LogP contribution in [0.3, 0.4) is 0 Å². The van der Waals surface area contributed by atoms with E-state index in [1.165, 1.54) is 5.56 Å². The van der Waals surface area contributed by atoms with Gasteiger partial charge in [0, 0.05) is 6.54 Å². The Labute approximate surface area is 143 Å². The molecule has 3 nitrogen and oxygen atoms in total. The van der Waals surface area contributed by atoms with E-state index in [1.54, 1.807) is 0 Å². The fraction of sp³-hybridized carbons (Fsp3) is 0.632. The molecule has 1 aromatic rings. The van der Waals surface area contributed by atoms with Crippen molar-refractivity contribution in [3.05, 3.63) is 35.4 Å². The molecule has 1 N–H and O–H groups in total. The Morgan fingerprint density at radius 3 is 2.26 bits per heavy atom. The maximum Gasteiger partial charge on any atom is 0.252 e. The SMILES string of the molecule is CCCCNC(=O)C(O[Si](C)(C)C(C)(C)C)c1ccc(C)cc1. The zero-order valence-electron chi connectivity index (χ0n) is 15.8. The molecule has 0 bridgehead atoms. The van der Waals surface area contributed by atoms with E-state index in [-0.39, 0.29) is 10.9 Å². The summed E-state index contributed by atoms with van der Waals surface area (Å²) < 4.78 is 6.45. The Kier molecular flexibility index (Phi) is 7.02. The van der Waals surface area contributed by atoms with E-state index in [1.807, 2.05) is 24.3 Å². The number of carbonyl (C=O) groups is 1. The molecule has 0 aromatic heterocycles. The van der Waals surface area contributed by atoms with Crippen LogP contribution in [0.5, 0.6) is 0 Å². The number of aryl methyl sites for hydroxylation is 1. The van der Waals surface area contributed by atoms with E-state index >= 15 is 0 Å². The number of unbranched alkanes of at least 4 members (excludes halogenated alkanes) is 1. The lowest BCUT2D eigenvalue weighted by Gasteiger charge is -2.39. The minimum absolute atomic E-state index is 0.0212. The quantitative estimate of drug-likeness (QED) is 0.564. The lowest BCUT2D eigenvalue weighted by atomic mass is 10.1. The van der Waals surface area contributed by atoms with E-state index in [9.17, 15) is 4.79 Å². The Balaban J connectivity index is 3.01. The van der Waals surface area contributed by atoms with Crippen molar-refractivity contribution in [3.8, 4) is 0 Å². The maximum atomic E-state index is 12.7. The number of benzene rings is 1. The van der Waals surface area contributed by atoms with Crippen LogP contribution in [0.15, 0.2) is 24.3 Å². The molecule has 0 saturated heterocycles. The second-order valence-electron chi connectivity index (χ2n) is 7.81. The molecule has 4 heteroatoms. The smallest absolute Gasteiger partial charge is 0.252 e. The number of carbonyl (C=O) groups excluding carboxylic acids is 1. The summed E-state index contributed by atoms with van der Waals surface area (Å²) >= 11 is 0. The van der Waals surface area contributed by atoms with Crippen LogP contribution in [-0.2, 0) is 9.22 Å². The summed E-state index contributed by atoms with van der Waals surface area (Å²) in [4.78, 5) is 12.7. The number of hydrogen-bond acceptors (Lipinski definition) is 2. The highest BCUT2D eigenvalue weighted by atomic mass is 28.4. The third-order valence-electron chi connectivity index (χ3n) is 4.67. The van der Waals surface area contributed by atoms with Gasteiger partial charge in [0.1, 0.15) is 6.10 Å². The van der Waals surface area contributed by atoms with Crippen molar-refractivity contribution in [2.75, 3.05) is 6.54 Å². The molecule has 130 valence electrons. The van der Waals surface area contributed by atoms with Gasteiger partial charge in [-0.2, -0.15) is 0 Å². The average molecular weight is 336 g/mol. The van der Waals surface area contributed by atoms with Gasteiger partial charge in [0.2, 0.25) is 0 Å². The van der Waals surface area contributed by atoms with Crippen LogP contribution in [0.4, 0.5) is 0 Å². The first-order valence-corrected chi connectivity index (χ1v) is 11.5. The minimum atomic E-state index is -2.04. The summed E-state index contributed by atoms with van der Waals surface area (Å²) in [5, 5.41) is 3.10. The molecule has 0 fully saturated rings. The predicted molar refractivity (Wildman–Crippen MR) is 100 cm³/mol. The Morgan fingerprint density at radius 1 is 1.22 bits per heavy atom. The number of amides is 1. The zero-order chi connectivity index (χ0) is 17.7. The second kappa shape index (κ2) is 8.11. The van der Waals surface area contributed by atoms with Crippen molar-refractivity contribution in [2.45, 2.75) is 71.7 Å². The van der Waals surface area contributed by atoms with E-state index in [4.69, 9.17) is 4.43 Å². The second-order valence-corrected chi connectivity index (χ2v) is 12.6. The van der Waals surface area contributed by atoms with Crippen molar-refractivity contribution >= 4 is 14.2 Å². The number of hydrogen-bond donors (Lipinski definition) is 1.